The smallest absolute Gasteiger partial charge is 0.253 e. The van der Waals surface area contributed by atoms with Crippen LogP contribution in [0.1, 0.15) is 34.1 Å². The van der Waals surface area contributed by atoms with Gasteiger partial charge in [-0.25, -0.2) is 0 Å². The minimum atomic E-state index is -0.164. The van der Waals surface area contributed by atoms with Gasteiger partial charge in [-0.15, -0.1) is 0 Å². The van der Waals surface area contributed by atoms with E-state index in [0.717, 1.165) is 5.57 Å². The molecule has 3 heteroatoms. The van der Waals surface area contributed by atoms with Gasteiger partial charge in [0.05, 0.1) is 0 Å². The van der Waals surface area contributed by atoms with Crippen LogP contribution in [0.4, 0.5) is 0 Å². The second-order valence-corrected chi connectivity index (χ2v) is 4.77. The van der Waals surface area contributed by atoms with E-state index in [4.69, 9.17) is 0 Å². The molecule has 1 atom stereocenters. The number of hydrogen-bond donors (Lipinski definition) is 0. The summed E-state index contributed by atoms with van der Waals surface area (Å²) in [5.41, 5.74) is 0.931. The van der Waals surface area contributed by atoms with Crippen LogP contribution in [0.25, 0.3) is 0 Å². The van der Waals surface area contributed by atoms with Crippen molar-refractivity contribution in [3.8, 4) is 0 Å². The molecule has 0 aromatic carbocycles. The van der Waals surface area contributed by atoms with Gasteiger partial charge in [-0.1, -0.05) is 19.4 Å². The number of carbonyl (C=O) groups excluding carboxylic acids is 2. The fourth-order valence-electron chi connectivity index (χ4n) is 1.72. The number of likely N-dealkylation sites (tertiary alicyclic amines) is 1. The maximum Gasteiger partial charge on any atom is 0.253 e. The molecular weight excluding hydrogens is 190 g/mol. The summed E-state index contributed by atoms with van der Waals surface area (Å²) < 4.78 is 0. The van der Waals surface area contributed by atoms with Crippen molar-refractivity contribution in [2.45, 2.75) is 34.1 Å². The Balaban J connectivity index is 2.69. The minimum absolute atomic E-state index is 0.0313. The maximum absolute atomic E-state index is 11.7. The molecule has 0 saturated carbocycles. The number of imide groups is 1. The highest BCUT2D eigenvalue weighted by Crippen LogP contribution is 2.24. The number of allylic oxidation sites excluding steroid dienone is 1. The predicted octanol–water partition coefficient (Wildman–Crippen LogP) is 1.98. The summed E-state index contributed by atoms with van der Waals surface area (Å²) in [6.45, 7) is 8.48. The Morgan fingerprint density at radius 2 is 2.07 bits per heavy atom. The van der Waals surface area contributed by atoms with Crippen LogP contribution in [0.2, 0.25) is 0 Å². The molecule has 1 fully saturated rings. The second kappa shape index (κ2) is 4.60. The summed E-state index contributed by atoms with van der Waals surface area (Å²) >= 11 is 0. The molecule has 1 rings (SSSR count). The molecule has 0 spiro atoms. The molecule has 3 nitrogen and oxygen atoms in total. The Kier molecular flexibility index (Phi) is 3.66. The standard InChI is InChI=1S/C12H19NO2/c1-8(2)5-11(14)13-7-10(9(3)4)6-12(13)15/h5,9-10H,6-7H2,1-4H3. The Hall–Kier alpha value is -1.12. The Bertz CT molecular complexity index is 301. The van der Waals surface area contributed by atoms with Gasteiger partial charge < -0.3 is 0 Å². The Morgan fingerprint density at radius 3 is 2.47 bits per heavy atom. The van der Waals surface area contributed by atoms with E-state index >= 15 is 0 Å². The lowest BCUT2D eigenvalue weighted by Crippen LogP contribution is -2.31. The van der Waals surface area contributed by atoms with Crippen LogP contribution < -0.4 is 0 Å². The fraction of sp³-hybridized carbons (Fsp3) is 0.667. The molecule has 1 heterocycles. The van der Waals surface area contributed by atoms with Gasteiger partial charge >= 0.3 is 0 Å². The first-order chi connectivity index (χ1) is 6.91. The van der Waals surface area contributed by atoms with E-state index in [0.29, 0.717) is 24.8 Å². The number of amides is 2. The number of hydrogen-bond acceptors (Lipinski definition) is 2. The predicted molar refractivity (Wildman–Crippen MR) is 59.1 cm³/mol. The molecule has 0 N–H and O–H groups in total. The number of nitrogens with zero attached hydrogens (tertiary/aromatic N) is 1. The van der Waals surface area contributed by atoms with Crippen molar-refractivity contribution in [1.29, 1.82) is 0 Å². The summed E-state index contributed by atoms with van der Waals surface area (Å²) in [5.74, 6) is 0.588. The molecule has 15 heavy (non-hydrogen) atoms. The molecule has 1 aliphatic rings. The van der Waals surface area contributed by atoms with Crippen molar-refractivity contribution in [3.05, 3.63) is 11.6 Å². The SMILES string of the molecule is CC(C)=CC(=O)N1CC(C(C)C)CC1=O. The Morgan fingerprint density at radius 1 is 1.47 bits per heavy atom. The van der Waals surface area contributed by atoms with Gasteiger partial charge in [-0.05, 0) is 25.7 Å². The van der Waals surface area contributed by atoms with Gasteiger partial charge in [-0.3, -0.25) is 14.5 Å². The van der Waals surface area contributed by atoms with Crippen LogP contribution in [0.3, 0.4) is 0 Å². The van der Waals surface area contributed by atoms with Crippen molar-refractivity contribution in [2.24, 2.45) is 11.8 Å². The largest absolute Gasteiger partial charge is 0.279 e. The van der Waals surface area contributed by atoms with Crippen molar-refractivity contribution < 1.29 is 9.59 Å². The molecule has 1 unspecified atom stereocenters. The minimum Gasteiger partial charge on any atom is -0.279 e. The lowest BCUT2D eigenvalue weighted by Gasteiger charge is -2.14. The van der Waals surface area contributed by atoms with E-state index in [9.17, 15) is 9.59 Å². The second-order valence-electron chi connectivity index (χ2n) is 4.77. The lowest BCUT2D eigenvalue weighted by molar-refractivity contribution is -0.138. The first-order valence-electron chi connectivity index (χ1n) is 5.41. The summed E-state index contributed by atoms with van der Waals surface area (Å²) in [4.78, 5) is 24.6. The van der Waals surface area contributed by atoms with Gasteiger partial charge in [0.1, 0.15) is 0 Å². The van der Waals surface area contributed by atoms with E-state index in [1.165, 1.54) is 11.0 Å². The maximum atomic E-state index is 11.7. The highest BCUT2D eigenvalue weighted by Gasteiger charge is 2.34. The van der Waals surface area contributed by atoms with Gasteiger partial charge in [0.15, 0.2) is 0 Å². The zero-order valence-electron chi connectivity index (χ0n) is 9.91. The van der Waals surface area contributed by atoms with E-state index in [1.54, 1.807) is 0 Å². The van der Waals surface area contributed by atoms with Crippen molar-refractivity contribution in [2.75, 3.05) is 6.54 Å². The monoisotopic (exact) mass is 209 g/mol. The molecule has 2 amide bonds. The normalized spacial score (nSPS) is 21.0. The summed E-state index contributed by atoms with van der Waals surface area (Å²) in [7, 11) is 0. The van der Waals surface area contributed by atoms with Crippen LogP contribution in [-0.4, -0.2) is 23.3 Å². The van der Waals surface area contributed by atoms with E-state index in [-0.39, 0.29) is 11.8 Å². The third-order valence-electron chi connectivity index (χ3n) is 2.78. The lowest BCUT2D eigenvalue weighted by atomic mass is 9.95. The van der Waals surface area contributed by atoms with Crippen LogP contribution in [0.15, 0.2) is 11.6 Å². The molecule has 1 aliphatic heterocycles. The number of carbonyl (C=O) groups is 2. The summed E-state index contributed by atoms with van der Waals surface area (Å²) in [6, 6.07) is 0. The van der Waals surface area contributed by atoms with Gasteiger partial charge in [0.2, 0.25) is 5.91 Å². The van der Waals surface area contributed by atoms with Crippen LogP contribution in [-0.2, 0) is 9.59 Å². The molecule has 0 bridgehead atoms. The average molecular weight is 209 g/mol. The van der Waals surface area contributed by atoms with Crippen LogP contribution in [0.5, 0.6) is 0 Å². The molecule has 0 aromatic heterocycles. The Labute approximate surface area is 91.1 Å². The highest BCUT2D eigenvalue weighted by molar-refractivity contribution is 6.02. The summed E-state index contributed by atoms with van der Waals surface area (Å²) in [6.07, 6.45) is 2.04. The topological polar surface area (TPSA) is 37.4 Å². The number of rotatable bonds is 2. The van der Waals surface area contributed by atoms with Crippen LogP contribution >= 0.6 is 0 Å². The third-order valence-corrected chi connectivity index (χ3v) is 2.78. The van der Waals surface area contributed by atoms with E-state index in [1.807, 2.05) is 13.8 Å². The molecule has 0 radical (unpaired) electrons. The first kappa shape index (κ1) is 12.0. The molecule has 0 aromatic rings. The van der Waals surface area contributed by atoms with E-state index < -0.39 is 0 Å². The van der Waals surface area contributed by atoms with Gasteiger partial charge in [0.25, 0.3) is 5.91 Å². The first-order valence-corrected chi connectivity index (χ1v) is 5.41. The van der Waals surface area contributed by atoms with Crippen molar-refractivity contribution in [3.63, 3.8) is 0 Å². The van der Waals surface area contributed by atoms with Crippen LogP contribution in [0, 0.1) is 11.8 Å². The zero-order chi connectivity index (χ0) is 11.6. The van der Waals surface area contributed by atoms with Gasteiger partial charge in [-0.2, -0.15) is 0 Å². The molecular formula is C12H19NO2. The quantitative estimate of drug-likeness (QED) is 0.652. The van der Waals surface area contributed by atoms with Gasteiger partial charge in [0, 0.05) is 19.0 Å². The third kappa shape index (κ3) is 2.91. The van der Waals surface area contributed by atoms with E-state index in [2.05, 4.69) is 13.8 Å². The average Bonchev–Trinajstić information content (AvgIpc) is 2.46. The highest BCUT2D eigenvalue weighted by atomic mass is 16.2. The van der Waals surface area contributed by atoms with Crippen molar-refractivity contribution >= 4 is 11.8 Å². The fourth-order valence-corrected chi connectivity index (χ4v) is 1.72. The molecule has 84 valence electrons. The summed E-state index contributed by atoms with van der Waals surface area (Å²) in [5, 5.41) is 0. The van der Waals surface area contributed by atoms with Crippen molar-refractivity contribution in [1.82, 2.24) is 4.90 Å². The zero-order valence-corrected chi connectivity index (χ0v) is 9.91. The molecule has 1 saturated heterocycles. The molecule has 0 aliphatic carbocycles.